The molecule has 0 aliphatic heterocycles. The Morgan fingerprint density at radius 1 is 0.719 bits per heavy atom. The standard InChI is InChI=1S/C24H28Cl2O6/c1-23(25,21(27)31-5)13-17-9-7-15(11-19(17)29-3)16-8-10-18(20(12-16)30-4)14-24(2,26)22(28)32-6/h7-12H,13-14H2,1-6H3/t23-,24+. The Morgan fingerprint density at radius 3 is 1.34 bits per heavy atom. The second kappa shape index (κ2) is 10.5. The van der Waals surface area contributed by atoms with Crippen LogP contribution in [0, 0.1) is 0 Å². The summed E-state index contributed by atoms with van der Waals surface area (Å²) < 4.78 is 20.6. The normalized spacial score (nSPS) is 14.6. The largest absolute Gasteiger partial charge is 0.496 e. The number of hydrogen-bond acceptors (Lipinski definition) is 6. The van der Waals surface area contributed by atoms with Gasteiger partial charge in [0.15, 0.2) is 0 Å². The second-order valence-electron chi connectivity index (χ2n) is 7.78. The smallest absolute Gasteiger partial charge is 0.326 e. The van der Waals surface area contributed by atoms with E-state index in [1.165, 1.54) is 14.2 Å². The first kappa shape index (κ1) is 25.8. The number of carbonyl (C=O) groups is 2. The highest BCUT2D eigenvalue weighted by Gasteiger charge is 2.34. The Morgan fingerprint density at radius 2 is 1.06 bits per heavy atom. The molecule has 0 bridgehead atoms. The van der Waals surface area contributed by atoms with Crippen molar-refractivity contribution in [1.82, 2.24) is 0 Å². The summed E-state index contributed by atoms with van der Waals surface area (Å²) in [6, 6.07) is 11.3. The number of methoxy groups -OCH3 is 4. The van der Waals surface area contributed by atoms with Gasteiger partial charge in [-0.25, -0.2) is 0 Å². The molecule has 0 aliphatic rings. The van der Waals surface area contributed by atoms with E-state index in [1.54, 1.807) is 28.1 Å². The van der Waals surface area contributed by atoms with Crippen molar-refractivity contribution in [3.63, 3.8) is 0 Å². The highest BCUT2D eigenvalue weighted by molar-refractivity contribution is 6.34. The highest BCUT2D eigenvalue weighted by Crippen LogP contribution is 2.35. The van der Waals surface area contributed by atoms with E-state index >= 15 is 0 Å². The molecule has 2 rings (SSSR count). The molecule has 2 aromatic rings. The molecule has 0 unspecified atom stereocenters. The van der Waals surface area contributed by atoms with E-state index in [4.69, 9.17) is 42.1 Å². The molecule has 6 nitrogen and oxygen atoms in total. The lowest BCUT2D eigenvalue weighted by molar-refractivity contribution is -0.144. The van der Waals surface area contributed by atoms with Crippen molar-refractivity contribution >= 4 is 35.1 Å². The predicted molar refractivity (Wildman–Crippen MR) is 125 cm³/mol. The van der Waals surface area contributed by atoms with Gasteiger partial charge in [-0.3, -0.25) is 9.59 Å². The van der Waals surface area contributed by atoms with Crippen LogP contribution in [0.1, 0.15) is 25.0 Å². The van der Waals surface area contributed by atoms with Gasteiger partial charge in [0, 0.05) is 12.8 Å². The predicted octanol–water partition coefficient (Wildman–Crippen LogP) is 4.80. The molecule has 2 aromatic carbocycles. The third-order valence-corrected chi connectivity index (χ3v) is 5.75. The zero-order valence-electron chi connectivity index (χ0n) is 19.1. The third-order valence-electron chi connectivity index (χ3n) is 5.17. The van der Waals surface area contributed by atoms with Gasteiger partial charge in [0.05, 0.1) is 28.4 Å². The zero-order valence-corrected chi connectivity index (χ0v) is 20.6. The minimum atomic E-state index is -1.21. The van der Waals surface area contributed by atoms with Crippen LogP contribution in [0.2, 0.25) is 0 Å². The topological polar surface area (TPSA) is 71.1 Å². The lowest BCUT2D eigenvalue weighted by Crippen LogP contribution is -2.32. The minimum Gasteiger partial charge on any atom is -0.496 e. The SMILES string of the molecule is COC(=O)[C@@](C)(Cl)Cc1ccc(-c2ccc(C[C@@](C)(Cl)C(=O)OC)c(OC)c2)cc1OC. The maximum atomic E-state index is 11.9. The molecule has 0 aliphatic carbocycles. The molecule has 0 N–H and O–H groups in total. The lowest BCUT2D eigenvalue weighted by Gasteiger charge is -2.21. The van der Waals surface area contributed by atoms with Crippen molar-refractivity contribution in [2.45, 2.75) is 36.4 Å². The van der Waals surface area contributed by atoms with Crippen LogP contribution in [0.5, 0.6) is 11.5 Å². The lowest BCUT2D eigenvalue weighted by atomic mass is 9.94. The number of alkyl halides is 2. The van der Waals surface area contributed by atoms with E-state index in [9.17, 15) is 9.59 Å². The van der Waals surface area contributed by atoms with Crippen LogP contribution in [-0.4, -0.2) is 50.1 Å². The Labute approximate surface area is 198 Å². The summed E-state index contributed by atoms with van der Waals surface area (Å²) in [5.41, 5.74) is 3.32. The van der Waals surface area contributed by atoms with Crippen LogP contribution in [-0.2, 0) is 31.9 Å². The van der Waals surface area contributed by atoms with E-state index in [0.29, 0.717) is 11.5 Å². The fraction of sp³-hybridized carbons (Fsp3) is 0.417. The van der Waals surface area contributed by atoms with Gasteiger partial charge in [-0.05, 0) is 48.2 Å². The average molecular weight is 483 g/mol. The monoisotopic (exact) mass is 482 g/mol. The number of rotatable bonds is 9. The maximum Gasteiger partial charge on any atom is 0.326 e. The van der Waals surface area contributed by atoms with Crippen LogP contribution in [0.3, 0.4) is 0 Å². The van der Waals surface area contributed by atoms with Crippen molar-refractivity contribution in [3.8, 4) is 22.6 Å². The fourth-order valence-corrected chi connectivity index (χ4v) is 3.87. The van der Waals surface area contributed by atoms with Gasteiger partial charge in [0.1, 0.15) is 21.2 Å². The van der Waals surface area contributed by atoms with Crippen molar-refractivity contribution in [2.75, 3.05) is 28.4 Å². The van der Waals surface area contributed by atoms with Crippen LogP contribution >= 0.6 is 23.2 Å². The number of carbonyl (C=O) groups excluding carboxylic acids is 2. The van der Waals surface area contributed by atoms with Crippen molar-refractivity contribution in [1.29, 1.82) is 0 Å². The van der Waals surface area contributed by atoms with Gasteiger partial charge in [0.25, 0.3) is 0 Å². The van der Waals surface area contributed by atoms with E-state index < -0.39 is 21.7 Å². The van der Waals surface area contributed by atoms with Crippen LogP contribution in [0.4, 0.5) is 0 Å². The summed E-state index contributed by atoms with van der Waals surface area (Å²) in [5, 5.41) is 0. The fourth-order valence-electron chi connectivity index (χ4n) is 3.43. The Bertz CT molecular complexity index is 905. The van der Waals surface area contributed by atoms with E-state index in [2.05, 4.69) is 0 Å². The molecule has 0 heterocycles. The summed E-state index contributed by atoms with van der Waals surface area (Å²) in [7, 11) is 5.73. The molecular formula is C24H28Cl2O6. The first-order chi connectivity index (χ1) is 15.0. The number of ether oxygens (including phenoxy) is 4. The molecule has 0 radical (unpaired) electrons. The van der Waals surface area contributed by atoms with Gasteiger partial charge in [-0.15, -0.1) is 23.2 Å². The summed E-state index contributed by atoms with van der Waals surface area (Å²) in [5.74, 6) is 0.174. The molecule has 0 saturated heterocycles. The molecule has 0 saturated carbocycles. The zero-order chi connectivity index (χ0) is 24.1. The number of esters is 2. The Balaban J connectivity index is 2.37. The number of hydrogen-bond donors (Lipinski definition) is 0. The Hall–Kier alpha value is -2.44. The van der Waals surface area contributed by atoms with E-state index in [-0.39, 0.29) is 12.8 Å². The van der Waals surface area contributed by atoms with Crippen molar-refractivity contribution < 1.29 is 28.5 Å². The second-order valence-corrected chi connectivity index (χ2v) is 9.45. The van der Waals surface area contributed by atoms with Crippen molar-refractivity contribution in [3.05, 3.63) is 47.5 Å². The molecule has 8 heteroatoms. The first-order valence-corrected chi connectivity index (χ1v) is 10.6. The summed E-state index contributed by atoms with van der Waals surface area (Å²) in [4.78, 5) is 21.5. The summed E-state index contributed by atoms with van der Waals surface area (Å²) in [6.07, 6.45) is 0.490. The van der Waals surface area contributed by atoms with Crippen LogP contribution < -0.4 is 9.47 Å². The summed E-state index contributed by atoms with van der Waals surface area (Å²) in [6.45, 7) is 3.21. The molecular weight excluding hydrogens is 455 g/mol. The average Bonchev–Trinajstić information content (AvgIpc) is 2.77. The molecule has 0 fully saturated rings. The minimum absolute atomic E-state index is 0.245. The maximum absolute atomic E-state index is 11.9. The Kier molecular flexibility index (Phi) is 8.43. The molecule has 0 spiro atoms. The van der Waals surface area contributed by atoms with Gasteiger partial charge in [0.2, 0.25) is 0 Å². The van der Waals surface area contributed by atoms with Crippen LogP contribution in [0.15, 0.2) is 36.4 Å². The molecule has 32 heavy (non-hydrogen) atoms. The third kappa shape index (κ3) is 5.87. The van der Waals surface area contributed by atoms with Gasteiger partial charge in [-0.1, -0.05) is 24.3 Å². The quantitative estimate of drug-likeness (QED) is 0.377. The van der Waals surface area contributed by atoms with E-state index in [1.807, 2.05) is 36.4 Å². The molecule has 0 amide bonds. The number of halogens is 2. The molecule has 2 atom stereocenters. The molecule has 174 valence electrons. The van der Waals surface area contributed by atoms with Crippen LogP contribution in [0.25, 0.3) is 11.1 Å². The van der Waals surface area contributed by atoms with Gasteiger partial charge >= 0.3 is 11.9 Å². The number of benzene rings is 2. The van der Waals surface area contributed by atoms with E-state index in [0.717, 1.165) is 22.3 Å². The first-order valence-electron chi connectivity index (χ1n) is 9.88. The molecule has 0 aromatic heterocycles. The van der Waals surface area contributed by atoms with Gasteiger partial charge in [-0.2, -0.15) is 0 Å². The van der Waals surface area contributed by atoms with Gasteiger partial charge < -0.3 is 18.9 Å². The summed E-state index contributed by atoms with van der Waals surface area (Å²) >= 11 is 12.7. The highest BCUT2D eigenvalue weighted by atomic mass is 35.5. The van der Waals surface area contributed by atoms with Crippen molar-refractivity contribution in [2.24, 2.45) is 0 Å².